The zero-order valence-electron chi connectivity index (χ0n) is 26.5. The molecule has 0 radical (unpaired) electrons. The summed E-state index contributed by atoms with van der Waals surface area (Å²) in [6.45, 7) is 0. The fourth-order valence-corrected chi connectivity index (χ4v) is 6.83. The smallest absolute Gasteiger partial charge is 0.227 e. The van der Waals surface area contributed by atoms with E-state index in [9.17, 15) is 5.26 Å². The molecule has 0 saturated carbocycles. The lowest BCUT2D eigenvalue weighted by Gasteiger charge is -2.13. The van der Waals surface area contributed by atoms with E-state index in [1.54, 1.807) is 0 Å². The van der Waals surface area contributed by atoms with E-state index in [2.05, 4.69) is 146 Å². The molecule has 49 heavy (non-hydrogen) atoms. The molecule has 1 aromatic heterocycles. The van der Waals surface area contributed by atoms with Crippen molar-refractivity contribution < 1.29 is 4.42 Å². The molecule has 0 aliphatic carbocycles. The first-order valence-electron chi connectivity index (χ1n) is 16.3. The lowest BCUT2D eigenvalue weighted by Crippen LogP contribution is -1.88. The summed E-state index contributed by atoms with van der Waals surface area (Å²) in [5.41, 5.74) is 11.9. The van der Waals surface area contributed by atoms with Gasteiger partial charge in [-0.05, 0) is 103 Å². The molecule has 0 bridgehead atoms. The van der Waals surface area contributed by atoms with Crippen molar-refractivity contribution in [3.63, 3.8) is 0 Å². The maximum absolute atomic E-state index is 9.21. The SMILES string of the molecule is N#Cc1ccc(-c2ccc(-c3cc(-c4cc5ccccc5c5ccccc45)c4nc(-c5ccc(-c6ccccc6)cc5)oc4c3)cc2)cc1. The van der Waals surface area contributed by atoms with Gasteiger partial charge in [-0.1, -0.05) is 127 Å². The van der Waals surface area contributed by atoms with Crippen LogP contribution in [0.4, 0.5) is 0 Å². The zero-order chi connectivity index (χ0) is 32.7. The van der Waals surface area contributed by atoms with Crippen LogP contribution in [0, 0.1) is 11.3 Å². The minimum absolute atomic E-state index is 0.592. The Bertz CT molecular complexity index is 2680. The van der Waals surface area contributed by atoms with Gasteiger partial charge in [0.15, 0.2) is 5.58 Å². The molecule has 0 N–H and O–H groups in total. The fourth-order valence-electron chi connectivity index (χ4n) is 6.83. The third-order valence-electron chi connectivity index (χ3n) is 9.36. The second-order valence-electron chi connectivity index (χ2n) is 12.3. The standard InChI is InChI=1S/C46H28N2O/c47-29-30-14-16-32(17-15-30)34-18-20-35(21-19-34)38-27-43(42-26-37-10-4-5-11-39(37)40-12-6-7-13-41(40)42)45-44(28-38)49-46(48-45)36-24-22-33(23-25-36)31-8-2-1-3-9-31/h1-28H. The Balaban J connectivity index is 1.22. The van der Waals surface area contributed by atoms with Gasteiger partial charge in [0, 0.05) is 11.1 Å². The summed E-state index contributed by atoms with van der Waals surface area (Å²) in [6.07, 6.45) is 0. The molecule has 0 spiro atoms. The summed E-state index contributed by atoms with van der Waals surface area (Å²) >= 11 is 0. The van der Waals surface area contributed by atoms with Gasteiger partial charge in [-0.3, -0.25) is 0 Å². The molecule has 0 amide bonds. The molecule has 0 fully saturated rings. The number of aromatic nitrogens is 1. The van der Waals surface area contributed by atoms with Gasteiger partial charge in [-0.15, -0.1) is 0 Å². The lowest BCUT2D eigenvalue weighted by atomic mass is 9.91. The zero-order valence-corrected chi connectivity index (χ0v) is 26.5. The Morgan fingerprint density at radius 1 is 0.429 bits per heavy atom. The Kier molecular flexibility index (Phi) is 6.85. The van der Waals surface area contributed by atoms with Gasteiger partial charge < -0.3 is 4.42 Å². The van der Waals surface area contributed by atoms with Crippen LogP contribution in [0.2, 0.25) is 0 Å². The second-order valence-corrected chi connectivity index (χ2v) is 12.3. The molecule has 8 aromatic carbocycles. The Morgan fingerprint density at radius 2 is 0.959 bits per heavy atom. The predicted octanol–water partition coefficient (Wildman–Crippen LogP) is 12.3. The first-order chi connectivity index (χ1) is 24.2. The van der Waals surface area contributed by atoms with Crippen molar-refractivity contribution in [3.05, 3.63) is 175 Å². The molecular formula is C46H28N2O. The van der Waals surface area contributed by atoms with Crippen molar-refractivity contribution in [3.8, 4) is 62.0 Å². The van der Waals surface area contributed by atoms with Crippen molar-refractivity contribution in [2.75, 3.05) is 0 Å². The molecule has 3 heteroatoms. The number of hydrogen-bond donors (Lipinski definition) is 0. The van der Waals surface area contributed by atoms with Crippen LogP contribution >= 0.6 is 0 Å². The van der Waals surface area contributed by atoms with Crippen molar-refractivity contribution in [2.45, 2.75) is 0 Å². The highest BCUT2D eigenvalue weighted by molar-refractivity contribution is 6.16. The van der Waals surface area contributed by atoms with Gasteiger partial charge in [-0.25, -0.2) is 4.98 Å². The summed E-state index contributed by atoms with van der Waals surface area (Å²) in [6, 6.07) is 61.1. The van der Waals surface area contributed by atoms with Gasteiger partial charge in [0.05, 0.1) is 11.6 Å². The largest absolute Gasteiger partial charge is 0.436 e. The number of rotatable bonds is 5. The van der Waals surface area contributed by atoms with Crippen molar-refractivity contribution in [1.29, 1.82) is 5.26 Å². The highest BCUT2D eigenvalue weighted by atomic mass is 16.3. The van der Waals surface area contributed by atoms with Crippen molar-refractivity contribution in [1.82, 2.24) is 4.98 Å². The van der Waals surface area contributed by atoms with E-state index in [1.807, 2.05) is 30.3 Å². The molecule has 0 atom stereocenters. The van der Waals surface area contributed by atoms with Crippen LogP contribution in [0.15, 0.2) is 174 Å². The number of nitrogens with zero attached hydrogens (tertiary/aromatic N) is 2. The van der Waals surface area contributed by atoms with Crippen LogP contribution in [0.5, 0.6) is 0 Å². The van der Waals surface area contributed by atoms with Crippen molar-refractivity contribution >= 4 is 32.6 Å². The van der Waals surface area contributed by atoms with E-state index in [0.29, 0.717) is 11.5 Å². The van der Waals surface area contributed by atoms with E-state index < -0.39 is 0 Å². The molecule has 1 heterocycles. The maximum atomic E-state index is 9.21. The normalized spacial score (nSPS) is 11.2. The average molecular weight is 625 g/mol. The molecule has 9 rings (SSSR count). The van der Waals surface area contributed by atoms with Crippen LogP contribution in [-0.2, 0) is 0 Å². The Morgan fingerprint density at radius 3 is 1.63 bits per heavy atom. The van der Waals surface area contributed by atoms with Crippen LogP contribution in [0.25, 0.3) is 88.6 Å². The van der Waals surface area contributed by atoms with Gasteiger partial charge >= 0.3 is 0 Å². The summed E-state index contributed by atoms with van der Waals surface area (Å²) in [4.78, 5) is 5.16. The maximum Gasteiger partial charge on any atom is 0.227 e. The molecule has 228 valence electrons. The highest BCUT2D eigenvalue weighted by Gasteiger charge is 2.18. The number of benzene rings is 8. The van der Waals surface area contributed by atoms with Crippen LogP contribution < -0.4 is 0 Å². The minimum atomic E-state index is 0.592. The summed E-state index contributed by atoms with van der Waals surface area (Å²) in [7, 11) is 0. The minimum Gasteiger partial charge on any atom is -0.436 e. The number of oxazole rings is 1. The van der Waals surface area contributed by atoms with E-state index in [0.717, 1.165) is 55.6 Å². The van der Waals surface area contributed by atoms with Crippen LogP contribution in [0.1, 0.15) is 5.56 Å². The predicted molar refractivity (Wildman–Crippen MR) is 201 cm³/mol. The molecular weight excluding hydrogens is 597 g/mol. The van der Waals surface area contributed by atoms with Gasteiger partial charge in [0.1, 0.15) is 5.52 Å². The van der Waals surface area contributed by atoms with E-state index in [4.69, 9.17) is 9.40 Å². The van der Waals surface area contributed by atoms with E-state index in [1.165, 1.54) is 27.1 Å². The average Bonchev–Trinajstić information content (AvgIpc) is 3.62. The third kappa shape index (κ3) is 5.13. The summed E-state index contributed by atoms with van der Waals surface area (Å²) in [5, 5.41) is 14.0. The fraction of sp³-hybridized carbons (Fsp3) is 0. The molecule has 0 aliphatic rings. The van der Waals surface area contributed by atoms with Gasteiger partial charge in [0.25, 0.3) is 0 Å². The number of nitriles is 1. The lowest BCUT2D eigenvalue weighted by molar-refractivity contribution is 0.620. The molecule has 0 unspecified atom stereocenters. The quantitative estimate of drug-likeness (QED) is 0.179. The number of fused-ring (bicyclic) bond motifs is 4. The summed E-state index contributed by atoms with van der Waals surface area (Å²) < 4.78 is 6.60. The molecule has 9 aromatic rings. The van der Waals surface area contributed by atoms with Crippen LogP contribution in [0.3, 0.4) is 0 Å². The van der Waals surface area contributed by atoms with E-state index in [-0.39, 0.29) is 0 Å². The van der Waals surface area contributed by atoms with Crippen molar-refractivity contribution in [2.24, 2.45) is 0 Å². The Labute approximate surface area is 284 Å². The molecule has 3 nitrogen and oxygen atoms in total. The first kappa shape index (κ1) is 28.5. The third-order valence-corrected chi connectivity index (χ3v) is 9.36. The monoisotopic (exact) mass is 624 g/mol. The second kappa shape index (κ2) is 11.8. The number of hydrogen-bond acceptors (Lipinski definition) is 3. The van der Waals surface area contributed by atoms with Gasteiger partial charge in [-0.2, -0.15) is 5.26 Å². The Hall–Kier alpha value is -6.76. The van der Waals surface area contributed by atoms with Gasteiger partial charge in [0.2, 0.25) is 5.89 Å². The first-order valence-corrected chi connectivity index (χ1v) is 16.3. The van der Waals surface area contributed by atoms with E-state index >= 15 is 0 Å². The summed E-state index contributed by atoms with van der Waals surface area (Å²) in [5.74, 6) is 0.592. The molecule has 0 saturated heterocycles. The topological polar surface area (TPSA) is 49.8 Å². The highest BCUT2D eigenvalue weighted by Crippen LogP contribution is 2.41. The van der Waals surface area contributed by atoms with Crippen LogP contribution in [-0.4, -0.2) is 4.98 Å². The molecule has 0 aliphatic heterocycles.